The van der Waals surface area contributed by atoms with Crippen molar-refractivity contribution in [2.45, 2.75) is 32.6 Å². The first-order chi connectivity index (χ1) is 13.2. The summed E-state index contributed by atoms with van der Waals surface area (Å²) in [6.45, 7) is 3.89. The number of carbonyl (C=O) groups excluding carboxylic acids is 1. The highest BCUT2D eigenvalue weighted by Crippen LogP contribution is 2.29. The molecule has 0 spiro atoms. The van der Waals surface area contributed by atoms with E-state index in [1.165, 1.54) is 18.5 Å². The number of fused-ring (bicyclic) bond motifs is 1. The fourth-order valence-corrected chi connectivity index (χ4v) is 2.86. The molecule has 8 heteroatoms. The number of rotatable bonds is 4. The van der Waals surface area contributed by atoms with Gasteiger partial charge in [-0.2, -0.15) is 13.2 Å². The summed E-state index contributed by atoms with van der Waals surface area (Å²) in [5.41, 5.74) is 6.68. The van der Waals surface area contributed by atoms with Crippen LogP contribution in [0.1, 0.15) is 35.3 Å². The molecular formula is C20H19F3N4O. The molecule has 1 amide bonds. The Labute approximate surface area is 160 Å². The number of anilines is 1. The van der Waals surface area contributed by atoms with E-state index in [9.17, 15) is 18.0 Å². The molecule has 146 valence electrons. The fourth-order valence-electron chi connectivity index (χ4n) is 2.86. The Bertz CT molecular complexity index is 1000. The van der Waals surface area contributed by atoms with Crippen LogP contribution in [0, 0.1) is 0 Å². The third kappa shape index (κ3) is 4.05. The lowest BCUT2D eigenvalue weighted by Gasteiger charge is -2.27. The number of hydrogen-bond acceptors (Lipinski definition) is 4. The van der Waals surface area contributed by atoms with Gasteiger partial charge in [0.15, 0.2) is 0 Å². The van der Waals surface area contributed by atoms with Crippen molar-refractivity contribution < 1.29 is 18.0 Å². The van der Waals surface area contributed by atoms with Crippen molar-refractivity contribution in [2.24, 2.45) is 0 Å². The van der Waals surface area contributed by atoms with Gasteiger partial charge in [0.2, 0.25) is 0 Å². The maximum absolute atomic E-state index is 13.0. The summed E-state index contributed by atoms with van der Waals surface area (Å²) in [7, 11) is 0. The van der Waals surface area contributed by atoms with Crippen LogP contribution in [0.2, 0.25) is 0 Å². The number of carbonyl (C=O) groups is 1. The Morgan fingerprint density at radius 3 is 2.39 bits per heavy atom. The van der Waals surface area contributed by atoms with Crippen molar-refractivity contribution in [2.75, 3.05) is 5.73 Å². The van der Waals surface area contributed by atoms with Crippen LogP contribution < -0.4 is 5.73 Å². The van der Waals surface area contributed by atoms with E-state index in [1.54, 1.807) is 23.1 Å². The van der Waals surface area contributed by atoms with Gasteiger partial charge in [0, 0.05) is 23.5 Å². The molecule has 5 nitrogen and oxygen atoms in total. The smallest absolute Gasteiger partial charge is 0.383 e. The monoisotopic (exact) mass is 388 g/mol. The number of hydrogen-bond donors (Lipinski definition) is 1. The van der Waals surface area contributed by atoms with Crippen molar-refractivity contribution in [3.05, 3.63) is 65.5 Å². The van der Waals surface area contributed by atoms with Crippen molar-refractivity contribution >= 4 is 22.6 Å². The number of benzene rings is 2. The van der Waals surface area contributed by atoms with E-state index in [-0.39, 0.29) is 18.5 Å². The van der Waals surface area contributed by atoms with E-state index in [0.29, 0.717) is 27.8 Å². The van der Waals surface area contributed by atoms with Gasteiger partial charge in [0.05, 0.1) is 11.1 Å². The highest BCUT2D eigenvalue weighted by atomic mass is 19.4. The van der Waals surface area contributed by atoms with E-state index in [4.69, 9.17) is 5.73 Å². The van der Waals surface area contributed by atoms with Gasteiger partial charge in [-0.25, -0.2) is 9.97 Å². The fraction of sp³-hybridized carbons (Fsp3) is 0.250. The van der Waals surface area contributed by atoms with Crippen LogP contribution >= 0.6 is 0 Å². The van der Waals surface area contributed by atoms with Gasteiger partial charge in [-0.05, 0) is 49.7 Å². The van der Waals surface area contributed by atoms with Gasteiger partial charge in [0.25, 0.3) is 5.91 Å². The molecule has 3 aromatic rings. The maximum Gasteiger partial charge on any atom is 0.416 e. The Morgan fingerprint density at radius 1 is 1.11 bits per heavy atom. The Balaban J connectivity index is 1.87. The average Bonchev–Trinajstić information content (AvgIpc) is 2.65. The lowest BCUT2D eigenvalue weighted by molar-refractivity contribution is -0.137. The highest BCUT2D eigenvalue weighted by Gasteiger charge is 2.30. The number of nitrogen functional groups attached to an aromatic ring is 1. The second kappa shape index (κ2) is 7.46. The summed E-state index contributed by atoms with van der Waals surface area (Å²) < 4.78 is 38.2. The first-order valence-electron chi connectivity index (χ1n) is 8.64. The quantitative estimate of drug-likeness (QED) is 0.724. The van der Waals surface area contributed by atoms with Gasteiger partial charge < -0.3 is 10.6 Å². The van der Waals surface area contributed by atoms with Crippen molar-refractivity contribution in [3.63, 3.8) is 0 Å². The molecule has 2 aromatic carbocycles. The third-order valence-corrected chi connectivity index (χ3v) is 4.43. The topological polar surface area (TPSA) is 72.1 Å². The molecule has 0 unspecified atom stereocenters. The summed E-state index contributed by atoms with van der Waals surface area (Å²) in [4.78, 5) is 22.7. The molecule has 0 aliphatic carbocycles. The predicted molar refractivity (Wildman–Crippen MR) is 100 cm³/mol. The predicted octanol–water partition coefficient (Wildman–Crippen LogP) is 4.28. The maximum atomic E-state index is 13.0. The van der Waals surface area contributed by atoms with Crippen LogP contribution in [0.3, 0.4) is 0 Å². The zero-order valence-electron chi connectivity index (χ0n) is 15.4. The summed E-state index contributed by atoms with van der Waals surface area (Å²) in [5.74, 6) is 0.0865. The van der Waals surface area contributed by atoms with Crippen LogP contribution in [0.15, 0.2) is 48.8 Å². The Kier molecular flexibility index (Phi) is 5.22. The van der Waals surface area contributed by atoms with E-state index >= 15 is 0 Å². The minimum Gasteiger partial charge on any atom is -0.383 e. The summed E-state index contributed by atoms with van der Waals surface area (Å²) in [6.07, 6.45) is -3.06. The molecule has 28 heavy (non-hydrogen) atoms. The van der Waals surface area contributed by atoms with E-state index < -0.39 is 11.7 Å². The van der Waals surface area contributed by atoms with Gasteiger partial charge in [0.1, 0.15) is 12.1 Å². The zero-order valence-corrected chi connectivity index (χ0v) is 15.4. The Morgan fingerprint density at radius 2 is 1.79 bits per heavy atom. The van der Waals surface area contributed by atoms with E-state index in [0.717, 1.165) is 12.1 Å². The molecule has 2 N–H and O–H groups in total. The van der Waals surface area contributed by atoms with E-state index in [2.05, 4.69) is 9.97 Å². The molecule has 0 fully saturated rings. The summed E-state index contributed by atoms with van der Waals surface area (Å²) in [6, 6.07) is 9.64. The number of halogens is 3. The van der Waals surface area contributed by atoms with Crippen LogP contribution in [0.25, 0.3) is 10.9 Å². The van der Waals surface area contributed by atoms with Gasteiger partial charge in [-0.3, -0.25) is 4.79 Å². The zero-order chi connectivity index (χ0) is 20.5. The average molecular weight is 388 g/mol. The molecule has 0 atom stereocenters. The lowest BCUT2D eigenvalue weighted by Crippen LogP contribution is -2.36. The normalized spacial score (nSPS) is 11.8. The molecule has 1 heterocycles. The second-order valence-electron chi connectivity index (χ2n) is 6.71. The molecule has 0 radical (unpaired) electrons. The molecule has 3 rings (SSSR count). The van der Waals surface area contributed by atoms with Crippen LogP contribution in [-0.2, 0) is 12.7 Å². The third-order valence-electron chi connectivity index (χ3n) is 4.43. The van der Waals surface area contributed by atoms with Crippen molar-refractivity contribution in [1.82, 2.24) is 14.9 Å². The highest BCUT2D eigenvalue weighted by molar-refractivity contribution is 5.99. The largest absolute Gasteiger partial charge is 0.416 e. The minimum absolute atomic E-state index is 0.152. The number of nitrogens with zero attached hydrogens (tertiary/aromatic N) is 3. The Hall–Kier alpha value is -3.16. The molecule has 0 bridgehead atoms. The second-order valence-corrected chi connectivity index (χ2v) is 6.71. The number of aromatic nitrogens is 2. The van der Waals surface area contributed by atoms with Crippen molar-refractivity contribution in [3.8, 4) is 0 Å². The number of nitrogens with two attached hydrogens (primary N) is 1. The number of amides is 1. The molecule has 0 saturated heterocycles. The minimum atomic E-state index is -4.39. The molecule has 0 aliphatic rings. The standard InChI is InChI=1S/C20H19F3N4O/c1-12(2)27(10-13-3-6-15(7-4-13)20(21,22)23)19(28)14-5-8-16-17(9-14)25-11-26-18(16)24/h3-9,11-12H,10H2,1-2H3,(H2,24,25,26). The van der Waals surface area contributed by atoms with Crippen molar-refractivity contribution in [1.29, 1.82) is 0 Å². The summed E-state index contributed by atoms with van der Waals surface area (Å²) >= 11 is 0. The van der Waals surface area contributed by atoms with E-state index in [1.807, 2.05) is 13.8 Å². The lowest BCUT2D eigenvalue weighted by atomic mass is 10.1. The van der Waals surface area contributed by atoms with Crippen LogP contribution in [0.5, 0.6) is 0 Å². The van der Waals surface area contributed by atoms with Gasteiger partial charge in [-0.1, -0.05) is 12.1 Å². The molecule has 1 aromatic heterocycles. The molecule has 0 aliphatic heterocycles. The van der Waals surface area contributed by atoms with Crippen LogP contribution in [0.4, 0.5) is 19.0 Å². The first kappa shape index (κ1) is 19.6. The summed E-state index contributed by atoms with van der Waals surface area (Å²) in [5, 5.41) is 0.651. The van der Waals surface area contributed by atoms with Crippen LogP contribution in [-0.4, -0.2) is 26.8 Å². The van der Waals surface area contributed by atoms with Gasteiger partial charge in [-0.15, -0.1) is 0 Å². The molecule has 0 saturated carbocycles. The first-order valence-corrected chi connectivity index (χ1v) is 8.64. The van der Waals surface area contributed by atoms with Gasteiger partial charge >= 0.3 is 6.18 Å². The number of alkyl halides is 3. The molecular weight excluding hydrogens is 369 g/mol. The SMILES string of the molecule is CC(C)N(Cc1ccc(C(F)(F)F)cc1)C(=O)c1ccc2c(N)ncnc2c1.